The molecule has 0 spiro atoms. The second kappa shape index (κ2) is 8.05. The highest BCUT2D eigenvalue weighted by molar-refractivity contribution is 6.87. The third-order valence-corrected chi connectivity index (χ3v) is 13.8. The molecule has 0 amide bonds. The second-order valence-electron chi connectivity index (χ2n) is 8.08. The van der Waals surface area contributed by atoms with Crippen LogP contribution in [0, 0.1) is 5.92 Å². The number of hydrogen-bond donors (Lipinski definition) is 0. The van der Waals surface area contributed by atoms with Crippen molar-refractivity contribution in [2.24, 2.45) is 5.92 Å². The van der Waals surface area contributed by atoms with Gasteiger partial charge in [0.05, 0.1) is 0 Å². The third kappa shape index (κ3) is 9.73. The molecule has 0 rings (SSSR count). The van der Waals surface area contributed by atoms with Crippen LogP contribution in [-0.4, -0.2) is 37.4 Å². The third-order valence-electron chi connectivity index (χ3n) is 2.84. The molecule has 0 unspecified atom stereocenters. The zero-order chi connectivity index (χ0) is 17.8. The first-order valence-corrected chi connectivity index (χ1v) is 16.9. The van der Waals surface area contributed by atoms with Crippen molar-refractivity contribution >= 4 is 31.2 Å². The molecular weight excluding hydrogens is 328 g/mol. The van der Waals surface area contributed by atoms with E-state index in [1.807, 2.05) is 0 Å². The molecule has 0 aromatic rings. The Labute approximate surface area is 139 Å². The van der Waals surface area contributed by atoms with Gasteiger partial charge in [0.2, 0.25) is 8.32 Å². The summed E-state index contributed by atoms with van der Waals surface area (Å²) in [5.41, 5.74) is 0.419. The molecule has 22 heavy (non-hydrogen) atoms. The van der Waals surface area contributed by atoms with Crippen molar-refractivity contribution in [1.82, 2.24) is 0 Å². The van der Waals surface area contributed by atoms with Gasteiger partial charge in [-0.25, -0.2) is 4.79 Å². The summed E-state index contributed by atoms with van der Waals surface area (Å²) in [6, 6.07) is 1.12. The Hall–Kier alpha value is -0.219. The number of rotatable bonds is 9. The minimum Gasteiger partial charge on any atom is -0.463 e. The van der Waals surface area contributed by atoms with Gasteiger partial charge in [-0.3, -0.25) is 0 Å². The number of esters is 1. The maximum Gasteiger partial charge on any atom is 0.332 e. The lowest BCUT2D eigenvalue weighted by Crippen LogP contribution is -2.54. The zero-order valence-corrected chi connectivity index (χ0v) is 18.8. The Morgan fingerprint density at radius 3 is 1.86 bits per heavy atom. The molecule has 0 saturated carbocycles. The first-order valence-electron chi connectivity index (χ1n) is 7.89. The second-order valence-corrected chi connectivity index (χ2v) is 20.2. The molecule has 0 aromatic carbocycles. The number of hydrogen-bond acceptors (Lipinski definition) is 4. The van der Waals surface area contributed by atoms with Gasteiger partial charge in [-0.15, -0.1) is 0 Å². The standard InChI is InChI=1S/C15H34O4Si3/c1-13(2)11-20(5,6)18-22(9,10)19-21(7,8)12-17-15(16)14(3)4/h13H,3,11-12H2,1-2,4-10H3. The summed E-state index contributed by atoms with van der Waals surface area (Å²) in [7, 11) is -6.07. The van der Waals surface area contributed by atoms with E-state index in [4.69, 9.17) is 13.0 Å². The molecule has 0 aliphatic carbocycles. The van der Waals surface area contributed by atoms with Crippen molar-refractivity contribution in [3.8, 4) is 0 Å². The summed E-state index contributed by atoms with van der Waals surface area (Å²) < 4.78 is 18.1. The summed E-state index contributed by atoms with van der Waals surface area (Å²) in [6.07, 6.45) is 0.338. The van der Waals surface area contributed by atoms with E-state index in [9.17, 15) is 4.79 Å². The van der Waals surface area contributed by atoms with Crippen LogP contribution in [0.15, 0.2) is 12.2 Å². The molecule has 0 fully saturated rings. The SMILES string of the molecule is C=C(C)C(=O)OC[Si](C)(C)O[Si](C)(C)O[Si](C)(C)CC(C)C. The van der Waals surface area contributed by atoms with Crippen molar-refractivity contribution in [2.45, 2.75) is 66.1 Å². The minimum atomic E-state index is -2.23. The van der Waals surface area contributed by atoms with Gasteiger partial charge in [0.15, 0.2) is 8.32 Å². The van der Waals surface area contributed by atoms with E-state index in [1.165, 1.54) is 0 Å². The van der Waals surface area contributed by atoms with Gasteiger partial charge in [0.1, 0.15) is 6.23 Å². The van der Waals surface area contributed by atoms with E-state index in [0.29, 0.717) is 17.7 Å². The van der Waals surface area contributed by atoms with E-state index in [2.05, 4.69) is 59.7 Å². The van der Waals surface area contributed by atoms with Gasteiger partial charge in [0, 0.05) is 5.57 Å². The first kappa shape index (κ1) is 21.8. The zero-order valence-electron chi connectivity index (χ0n) is 15.8. The fourth-order valence-corrected chi connectivity index (χ4v) is 17.0. The summed E-state index contributed by atoms with van der Waals surface area (Å²) in [4.78, 5) is 11.5. The Morgan fingerprint density at radius 2 is 1.45 bits per heavy atom. The quantitative estimate of drug-likeness (QED) is 0.345. The Bertz CT molecular complexity index is 404. The molecule has 0 aliphatic heterocycles. The minimum absolute atomic E-state index is 0.338. The van der Waals surface area contributed by atoms with E-state index in [-0.39, 0.29) is 5.97 Å². The Kier molecular flexibility index (Phi) is 7.97. The van der Waals surface area contributed by atoms with E-state index in [0.717, 1.165) is 6.04 Å². The monoisotopic (exact) mass is 362 g/mol. The highest BCUT2D eigenvalue weighted by atomic mass is 28.5. The maximum absolute atomic E-state index is 11.5. The van der Waals surface area contributed by atoms with Crippen molar-refractivity contribution in [1.29, 1.82) is 0 Å². The molecular formula is C15H34O4Si3. The van der Waals surface area contributed by atoms with Crippen LogP contribution in [0.1, 0.15) is 20.8 Å². The van der Waals surface area contributed by atoms with Gasteiger partial charge >= 0.3 is 14.5 Å². The van der Waals surface area contributed by atoms with Gasteiger partial charge < -0.3 is 13.0 Å². The highest BCUT2D eigenvalue weighted by Crippen LogP contribution is 2.25. The summed E-state index contributed by atoms with van der Waals surface area (Å²) in [5, 5.41) is 0. The summed E-state index contributed by atoms with van der Waals surface area (Å²) >= 11 is 0. The van der Waals surface area contributed by atoms with Crippen LogP contribution in [-0.2, 0) is 17.8 Å². The van der Waals surface area contributed by atoms with E-state index >= 15 is 0 Å². The molecule has 0 aromatic heterocycles. The first-order chi connectivity index (χ1) is 9.66. The largest absolute Gasteiger partial charge is 0.463 e. The summed E-state index contributed by atoms with van der Waals surface area (Å²) in [5.74, 6) is 0.285. The average molecular weight is 363 g/mol. The van der Waals surface area contributed by atoms with Crippen molar-refractivity contribution in [2.75, 3.05) is 6.23 Å². The number of carbonyl (C=O) groups is 1. The molecule has 130 valence electrons. The van der Waals surface area contributed by atoms with Crippen LogP contribution in [0.5, 0.6) is 0 Å². The predicted octanol–water partition coefficient (Wildman–Crippen LogP) is 4.45. The van der Waals surface area contributed by atoms with Crippen LogP contribution < -0.4 is 0 Å². The lowest BCUT2D eigenvalue weighted by Gasteiger charge is -2.38. The molecule has 0 saturated heterocycles. The lowest BCUT2D eigenvalue weighted by molar-refractivity contribution is -0.137. The highest BCUT2D eigenvalue weighted by Gasteiger charge is 2.40. The smallest absolute Gasteiger partial charge is 0.332 e. The Balaban J connectivity index is 4.66. The van der Waals surface area contributed by atoms with Crippen molar-refractivity contribution < 1.29 is 17.8 Å². The molecule has 0 aliphatic rings. The number of carbonyl (C=O) groups excluding carboxylic acids is 1. The topological polar surface area (TPSA) is 44.8 Å². The molecule has 0 N–H and O–H groups in total. The molecule has 0 atom stereocenters. The van der Waals surface area contributed by atoms with Crippen LogP contribution >= 0.6 is 0 Å². The maximum atomic E-state index is 11.5. The van der Waals surface area contributed by atoms with Gasteiger partial charge in [-0.05, 0) is 58.2 Å². The van der Waals surface area contributed by atoms with Crippen molar-refractivity contribution in [3.05, 3.63) is 12.2 Å². The van der Waals surface area contributed by atoms with Crippen molar-refractivity contribution in [3.63, 3.8) is 0 Å². The lowest BCUT2D eigenvalue weighted by atomic mass is 10.3. The molecule has 0 heterocycles. The summed E-state index contributed by atoms with van der Waals surface area (Å²) in [6.45, 7) is 22.5. The normalized spacial score (nSPS) is 13.4. The molecule has 7 heteroatoms. The molecule has 0 bridgehead atoms. The fraction of sp³-hybridized carbons (Fsp3) is 0.800. The van der Waals surface area contributed by atoms with Gasteiger partial charge in [-0.2, -0.15) is 0 Å². The van der Waals surface area contributed by atoms with Crippen LogP contribution in [0.25, 0.3) is 0 Å². The average Bonchev–Trinajstić information content (AvgIpc) is 2.19. The van der Waals surface area contributed by atoms with Crippen LogP contribution in [0.3, 0.4) is 0 Å². The van der Waals surface area contributed by atoms with Gasteiger partial charge in [-0.1, -0.05) is 20.4 Å². The fourth-order valence-electron chi connectivity index (χ4n) is 2.77. The van der Waals surface area contributed by atoms with Crippen LogP contribution in [0.2, 0.25) is 45.3 Å². The Morgan fingerprint density at radius 1 is 1.00 bits per heavy atom. The van der Waals surface area contributed by atoms with E-state index < -0.39 is 25.2 Å². The van der Waals surface area contributed by atoms with E-state index in [1.54, 1.807) is 6.92 Å². The molecule has 0 radical (unpaired) electrons. The van der Waals surface area contributed by atoms with Crippen LogP contribution in [0.4, 0.5) is 0 Å². The molecule has 4 nitrogen and oxygen atoms in total. The predicted molar refractivity (Wildman–Crippen MR) is 100 cm³/mol. The number of ether oxygens (including phenoxy) is 1. The van der Waals surface area contributed by atoms with Gasteiger partial charge in [0.25, 0.3) is 0 Å².